The van der Waals surface area contributed by atoms with E-state index in [0.29, 0.717) is 11.6 Å². The van der Waals surface area contributed by atoms with E-state index in [4.69, 9.17) is 4.74 Å². The lowest BCUT2D eigenvalue weighted by Crippen LogP contribution is -2.53. The monoisotopic (exact) mass is 475 g/mol. The van der Waals surface area contributed by atoms with E-state index in [1.807, 2.05) is 18.2 Å². The van der Waals surface area contributed by atoms with E-state index in [1.165, 1.54) is 16.9 Å². The molecule has 35 heavy (non-hydrogen) atoms. The fourth-order valence-electron chi connectivity index (χ4n) is 5.99. The van der Waals surface area contributed by atoms with Crippen LogP contribution in [0.25, 0.3) is 12.2 Å². The summed E-state index contributed by atoms with van der Waals surface area (Å²) in [5.74, 6) is 0.762. The van der Waals surface area contributed by atoms with Crippen LogP contribution < -0.4 is 25.2 Å². The van der Waals surface area contributed by atoms with Gasteiger partial charge in [0.1, 0.15) is 11.6 Å². The molecule has 4 heterocycles. The number of piperidine rings is 1. The third kappa shape index (κ3) is 4.22. The molecule has 4 aliphatic heterocycles. The zero-order valence-electron chi connectivity index (χ0n) is 20.4. The summed E-state index contributed by atoms with van der Waals surface area (Å²) in [5.41, 5.74) is 6.45. The van der Waals surface area contributed by atoms with Crippen LogP contribution in [0.1, 0.15) is 24.0 Å². The van der Waals surface area contributed by atoms with Gasteiger partial charge < -0.3 is 25.2 Å². The van der Waals surface area contributed by atoms with Crippen molar-refractivity contribution in [2.24, 2.45) is 0 Å². The predicted octanol–water partition coefficient (Wildman–Crippen LogP) is 4.50. The lowest BCUT2D eigenvalue weighted by Gasteiger charge is -2.44. The summed E-state index contributed by atoms with van der Waals surface area (Å²) in [6, 6.07) is 8.44. The Labute approximate surface area is 207 Å². The molecule has 2 fully saturated rings. The highest BCUT2D eigenvalue weighted by atomic mass is 19.1. The number of ether oxygens (including phenoxy) is 1. The molecule has 2 aromatic rings. The second kappa shape index (κ2) is 9.46. The Morgan fingerprint density at radius 3 is 2.31 bits per heavy atom. The number of anilines is 4. The molecule has 4 aliphatic rings. The van der Waals surface area contributed by atoms with Crippen LogP contribution in [-0.4, -0.2) is 70.4 Å². The van der Waals surface area contributed by atoms with Crippen molar-refractivity contribution in [3.8, 4) is 5.75 Å². The Morgan fingerprint density at radius 2 is 1.54 bits per heavy atom. The molecule has 7 heteroatoms. The van der Waals surface area contributed by atoms with Gasteiger partial charge in [0.05, 0.1) is 29.9 Å². The first-order chi connectivity index (χ1) is 17.2. The van der Waals surface area contributed by atoms with Crippen molar-refractivity contribution in [2.75, 3.05) is 79.9 Å². The van der Waals surface area contributed by atoms with E-state index in [9.17, 15) is 4.39 Å². The molecular weight excluding hydrogens is 441 g/mol. The van der Waals surface area contributed by atoms with Crippen LogP contribution >= 0.6 is 0 Å². The summed E-state index contributed by atoms with van der Waals surface area (Å²) in [5, 5.41) is 6.96. The molecule has 0 radical (unpaired) electrons. The van der Waals surface area contributed by atoms with E-state index in [1.54, 1.807) is 13.2 Å². The van der Waals surface area contributed by atoms with Gasteiger partial charge in [0.2, 0.25) is 0 Å². The molecule has 2 N–H and O–H groups in total. The largest absolute Gasteiger partial charge is 0.497 e. The van der Waals surface area contributed by atoms with Crippen LogP contribution in [0.5, 0.6) is 5.75 Å². The third-order valence-corrected chi connectivity index (χ3v) is 7.88. The molecule has 0 bridgehead atoms. The number of nitrogens with one attached hydrogen (secondary N) is 2. The van der Waals surface area contributed by atoms with E-state index in [0.717, 1.165) is 82.3 Å². The van der Waals surface area contributed by atoms with E-state index < -0.39 is 0 Å². The smallest absolute Gasteiger partial charge is 0.132 e. The molecule has 0 spiro atoms. The van der Waals surface area contributed by atoms with Crippen LogP contribution in [-0.2, 0) is 0 Å². The van der Waals surface area contributed by atoms with Crippen molar-refractivity contribution >= 4 is 34.9 Å². The van der Waals surface area contributed by atoms with Crippen LogP contribution in [0.3, 0.4) is 0 Å². The first-order valence-corrected chi connectivity index (χ1v) is 12.8. The molecule has 6 nitrogen and oxygen atoms in total. The number of nitrogens with zero attached hydrogens (tertiary/aromatic N) is 3. The Balaban J connectivity index is 1.09. The van der Waals surface area contributed by atoms with E-state index in [2.05, 4.69) is 49.6 Å². The minimum Gasteiger partial charge on any atom is -0.497 e. The fraction of sp³-hybridized carbons (Fsp3) is 0.429. The second-order valence-corrected chi connectivity index (χ2v) is 9.77. The minimum atomic E-state index is -0.150. The van der Waals surface area contributed by atoms with Crippen LogP contribution in [0.4, 0.5) is 27.1 Å². The van der Waals surface area contributed by atoms with Crippen molar-refractivity contribution in [1.29, 1.82) is 0 Å². The third-order valence-electron chi connectivity index (χ3n) is 7.88. The topological polar surface area (TPSA) is 43.0 Å². The SMILES string of the molecule is COc1cc2c(c(N3CCN(C4CCN(c5ccc(F)c6c5NCC=C6)CC4)CC3)c1)NCC=C2. The van der Waals surface area contributed by atoms with Gasteiger partial charge in [-0.25, -0.2) is 4.39 Å². The highest BCUT2D eigenvalue weighted by Crippen LogP contribution is 2.38. The molecule has 0 atom stereocenters. The summed E-state index contributed by atoms with van der Waals surface area (Å²) in [6.45, 7) is 7.83. The first-order valence-electron chi connectivity index (χ1n) is 12.8. The highest BCUT2D eigenvalue weighted by Gasteiger charge is 2.30. The Hall–Kier alpha value is -3.19. The van der Waals surface area contributed by atoms with Crippen molar-refractivity contribution in [2.45, 2.75) is 18.9 Å². The number of hydrogen-bond donors (Lipinski definition) is 2. The standard InChI is InChI=1S/C28H34FN5O/c1-35-22-18-20-4-2-10-30-27(20)26(19-22)34-16-14-32(15-17-34)21-8-12-33(13-9-21)25-7-6-24(29)23-5-3-11-31-28(23)25/h2-7,18-19,21,30-31H,8-17H2,1H3. The molecule has 184 valence electrons. The second-order valence-electron chi connectivity index (χ2n) is 9.77. The Morgan fingerprint density at radius 1 is 0.829 bits per heavy atom. The first kappa shape index (κ1) is 22.3. The number of hydrogen-bond acceptors (Lipinski definition) is 6. The van der Waals surface area contributed by atoms with Gasteiger partial charge in [-0.3, -0.25) is 4.90 Å². The zero-order chi connectivity index (χ0) is 23.8. The minimum absolute atomic E-state index is 0.150. The summed E-state index contributed by atoms with van der Waals surface area (Å²) < 4.78 is 19.9. The molecular formula is C28H34FN5O. The highest BCUT2D eigenvalue weighted by molar-refractivity contribution is 5.84. The van der Waals surface area contributed by atoms with Crippen molar-refractivity contribution < 1.29 is 9.13 Å². The fourth-order valence-corrected chi connectivity index (χ4v) is 5.99. The predicted molar refractivity (Wildman–Crippen MR) is 143 cm³/mol. The number of halogens is 1. The lowest BCUT2D eigenvalue weighted by atomic mass is 9.99. The molecule has 0 aromatic heterocycles. The van der Waals surface area contributed by atoms with Gasteiger partial charge in [0.25, 0.3) is 0 Å². The number of fused-ring (bicyclic) bond motifs is 2. The number of benzene rings is 2. The number of rotatable bonds is 4. The van der Waals surface area contributed by atoms with Crippen LogP contribution in [0.15, 0.2) is 36.4 Å². The van der Waals surface area contributed by atoms with Crippen molar-refractivity contribution in [3.63, 3.8) is 0 Å². The van der Waals surface area contributed by atoms with Gasteiger partial charge in [-0.15, -0.1) is 0 Å². The molecule has 0 aliphatic carbocycles. The summed E-state index contributed by atoms with van der Waals surface area (Å²) in [6.07, 6.45) is 10.5. The molecule has 0 amide bonds. The quantitative estimate of drug-likeness (QED) is 0.679. The zero-order valence-corrected chi connectivity index (χ0v) is 20.4. The summed E-state index contributed by atoms with van der Waals surface area (Å²) in [4.78, 5) is 7.61. The van der Waals surface area contributed by atoms with Crippen LogP contribution in [0.2, 0.25) is 0 Å². The molecule has 2 saturated heterocycles. The van der Waals surface area contributed by atoms with E-state index in [-0.39, 0.29) is 5.82 Å². The summed E-state index contributed by atoms with van der Waals surface area (Å²) in [7, 11) is 1.74. The maximum Gasteiger partial charge on any atom is 0.132 e. The lowest BCUT2D eigenvalue weighted by molar-refractivity contribution is 0.160. The van der Waals surface area contributed by atoms with Crippen LogP contribution in [0, 0.1) is 5.82 Å². The molecule has 6 rings (SSSR count). The molecule has 2 aromatic carbocycles. The summed E-state index contributed by atoms with van der Waals surface area (Å²) >= 11 is 0. The van der Waals surface area contributed by atoms with Gasteiger partial charge in [0, 0.05) is 75.6 Å². The molecule has 0 saturated carbocycles. The Bertz CT molecular complexity index is 1150. The normalized spacial score (nSPS) is 20.2. The van der Waals surface area contributed by atoms with E-state index >= 15 is 0 Å². The van der Waals surface area contributed by atoms with Gasteiger partial charge in [0.15, 0.2) is 0 Å². The number of methoxy groups -OCH3 is 1. The van der Waals surface area contributed by atoms with Gasteiger partial charge in [-0.05, 0) is 31.0 Å². The van der Waals surface area contributed by atoms with Gasteiger partial charge in [-0.1, -0.05) is 24.3 Å². The van der Waals surface area contributed by atoms with Crippen molar-refractivity contribution in [1.82, 2.24) is 4.90 Å². The maximum absolute atomic E-state index is 14.3. The molecule has 0 unspecified atom stereocenters. The maximum atomic E-state index is 14.3. The van der Waals surface area contributed by atoms with Gasteiger partial charge >= 0.3 is 0 Å². The average molecular weight is 476 g/mol. The average Bonchev–Trinajstić information content (AvgIpc) is 2.93. The Kier molecular flexibility index (Phi) is 6.02. The number of piperazine rings is 1. The van der Waals surface area contributed by atoms with Gasteiger partial charge in [-0.2, -0.15) is 0 Å². The van der Waals surface area contributed by atoms with Crippen molar-refractivity contribution in [3.05, 3.63) is 53.4 Å².